The SMILES string of the molecule is CC(=O)Oc1c2c(c(CC=C(C)C)c3c1C(=O)C1=C[C@@H]4C[C@H]5C(C)(C)O[C@](C/C=C(\C)C(=O)O)(C4=O)[C@@]15O3)O[C@@](C)(CCC=C(C)C)C=C2. The zero-order chi connectivity index (χ0) is 35.8. The third kappa shape index (κ3) is 5.23. The second-order valence-corrected chi connectivity index (χ2v) is 15.3. The highest BCUT2D eigenvalue weighted by Crippen LogP contribution is 2.68. The lowest BCUT2D eigenvalue weighted by Gasteiger charge is -2.56. The summed E-state index contributed by atoms with van der Waals surface area (Å²) in [6.07, 6.45) is 13.3. The lowest BCUT2D eigenvalue weighted by Crippen LogP contribution is -2.72. The quantitative estimate of drug-likeness (QED) is 0.123. The Kier molecular flexibility index (Phi) is 8.25. The predicted octanol–water partition coefficient (Wildman–Crippen LogP) is 7.46. The van der Waals surface area contributed by atoms with Gasteiger partial charge in [-0.3, -0.25) is 14.4 Å². The molecule has 4 bridgehead atoms. The number of aliphatic carboxylic acids is 1. The van der Waals surface area contributed by atoms with E-state index < -0.39 is 52.0 Å². The number of hydrogen-bond donors (Lipinski definition) is 1. The van der Waals surface area contributed by atoms with Crippen molar-refractivity contribution in [2.75, 3.05) is 0 Å². The van der Waals surface area contributed by atoms with Gasteiger partial charge >= 0.3 is 11.9 Å². The van der Waals surface area contributed by atoms with E-state index >= 15 is 4.79 Å². The van der Waals surface area contributed by atoms with Gasteiger partial charge in [-0.25, -0.2) is 4.79 Å². The first-order valence-corrected chi connectivity index (χ1v) is 17.0. The van der Waals surface area contributed by atoms with E-state index in [4.69, 9.17) is 18.9 Å². The maximum Gasteiger partial charge on any atom is 0.330 e. The molecule has 7 rings (SSSR count). The van der Waals surface area contributed by atoms with E-state index in [0.29, 0.717) is 36.1 Å². The first-order valence-electron chi connectivity index (χ1n) is 17.0. The Morgan fingerprint density at radius 1 is 0.980 bits per heavy atom. The van der Waals surface area contributed by atoms with E-state index in [-0.39, 0.29) is 40.4 Å². The molecule has 1 N–H and O–H groups in total. The summed E-state index contributed by atoms with van der Waals surface area (Å²) in [4.78, 5) is 54.0. The smallest absolute Gasteiger partial charge is 0.330 e. The second-order valence-electron chi connectivity index (χ2n) is 15.3. The molecular formula is C40H46O9. The molecule has 0 radical (unpaired) electrons. The summed E-state index contributed by atoms with van der Waals surface area (Å²) < 4.78 is 26.7. The summed E-state index contributed by atoms with van der Waals surface area (Å²) in [6, 6.07) is 0. The summed E-state index contributed by atoms with van der Waals surface area (Å²) in [5.41, 5.74) is -1.08. The molecule has 1 spiro atoms. The molecule has 0 amide bonds. The molecular weight excluding hydrogens is 624 g/mol. The molecule has 1 saturated heterocycles. The minimum absolute atomic E-state index is 0.0535. The third-order valence-corrected chi connectivity index (χ3v) is 10.7. The zero-order valence-electron chi connectivity index (χ0n) is 29.9. The minimum atomic E-state index is -1.66. The fourth-order valence-electron chi connectivity index (χ4n) is 8.41. The first-order chi connectivity index (χ1) is 22.9. The number of rotatable bonds is 9. The van der Waals surface area contributed by atoms with Gasteiger partial charge in [0.1, 0.15) is 22.7 Å². The summed E-state index contributed by atoms with van der Waals surface area (Å²) in [5, 5.41) is 9.70. The monoisotopic (exact) mass is 670 g/mol. The van der Waals surface area contributed by atoms with Gasteiger partial charge in [-0.15, -0.1) is 0 Å². The first kappa shape index (κ1) is 34.6. The van der Waals surface area contributed by atoms with E-state index in [1.165, 1.54) is 25.5 Å². The molecule has 0 unspecified atom stereocenters. The second kappa shape index (κ2) is 11.7. The van der Waals surface area contributed by atoms with Crippen molar-refractivity contribution in [3.8, 4) is 17.2 Å². The van der Waals surface area contributed by atoms with E-state index in [9.17, 15) is 19.5 Å². The van der Waals surface area contributed by atoms with Gasteiger partial charge in [0.2, 0.25) is 0 Å². The Morgan fingerprint density at radius 2 is 1.67 bits per heavy atom. The van der Waals surface area contributed by atoms with E-state index in [1.807, 2.05) is 66.7 Å². The van der Waals surface area contributed by atoms with Crippen molar-refractivity contribution < 1.29 is 43.2 Å². The van der Waals surface area contributed by atoms with Crippen molar-refractivity contribution in [2.45, 2.75) is 117 Å². The summed E-state index contributed by atoms with van der Waals surface area (Å²) in [5.74, 6) is -2.71. The number of benzene rings is 1. The van der Waals surface area contributed by atoms with Crippen LogP contribution in [-0.2, 0) is 25.5 Å². The van der Waals surface area contributed by atoms with E-state index in [2.05, 4.69) is 6.08 Å². The fourth-order valence-corrected chi connectivity index (χ4v) is 8.41. The molecule has 6 aliphatic rings. The molecule has 49 heavy (non-hydrogen) atoms. The van der Waals surface area contributed by atoms with Crippen LogP contribution in [0.2, 0.25) is 0 Å². The Hall–Kier alpha value is -4.24. The van der Waals surface area contributed by atoms with Gasteiger partial charge in [-0.2, -0.15) is 0 Å². The van der Waals surface area contributed by atoms with Crippen LogP contribution in [0.15, 0.2) is 52.7 Å². The van der Waals surface area contributed by atoms with E-state index in [0.717, 1.165) is 12.0 Å². The lowest BCUT2D eigenvalue weighted by atomic mass is 9.51. The molecule has 1 aromatic rings. The standard InChI is InChI=1S/C40H46O9/c1-21(2)11-10-16-38(9)17-15-27-32(47-38)26(13-12-22(3)4)34-30(33(27)46-24(6)41)31(42)28-19-25-20-29-37(7,8)49-39(35(25)43,40(28,29)48-34)18-14-23(5)36(44)45/h11-12,14-15,17,19,25,29H,10,13,16,18,20H2,1-9H3,(H,44,45)/b23-14+/t25-,29+,38+,39-,40-/m1/s1. The van der Waals surface area contributed by atoms with Crippen molar-refractivity contribution in [1.82, 2.24) is 0 Å². The van der Waals surface area contributed by atoms with Crippen molar-refractivity contribution in [3.63, 3.8) is 0 Å². The van der Waals surface area contributed by atoms with Crippen LogP contribution in [0.3, 0.4) is 0 Å². The maximum absolute atomic E-state index is 15.1. The number of Topliss-reactive ketones (excluding diaryl/α,β-unsaturated/α-hetero) is 2. The largest absolute Gasteiger partial charge is 0.482 e. The van der Waals surface area contributed by atoms with Crippen LogP contribution < -0.4 is 14.2 Å². The molecule has 1 saturated carbocycles. The third-order valence-electron chi connectivity index (χ3n) is 10.7. The number of carbonyl (C=O) groups is 4. The summed E-state index contributed by atoms with van der Waals surface area (Å²) >= 11 is 0. The predicted molar refractivity (Wildman–Crippen MR) is 184 cm³/mol. The van der Waals surface area contributed by atoms with E-state index in [1.54, 1.807) is 6.08 Å². The number of allylic oxidation sites excluding steroid dienone is 5. The number of carboxylic acid groups (broad SMARTS) is 1. The van der Waals surface area contributed by atoms with Gasteiger partial charge in [-0.1, -0.05) is 35.5 Å². The van der Waals surface area contributed by atoms with Gasteiger partial charge in [-0.05, 0) is 93.2 Å². The molecule has 9 heteroatoms. The lowest BCUT2D eigenvalue weighted by molar-refractivity contribution is -0.171. The molecule has 1 aromatic carbocycles. The molecule has 3 aliphatic carbocycles. The maximum atomic E-state index is 15.1. The van der Waals surface area contributed by atoms with Crippen LogP contribution >= 0.6 is 0 Å². The molecule has 0 aromatic heterocycles. The number of esters is 1. The number of carboxylic acids is 1. The number of ether oxygens (including phenoxy) is 4. The van der Waals surface area contributed by atoms with Crippen molar-refractivity contribution in [1.29, 1.82) is 0 Å². The van der Waals surface area contributed by atoms with Gasteiger partial charge in [0.15, 0.2) is 28.5 Å². The number of fused-ring (bicyclic) bond motifs is 2. The fraction of sp³-hybridized carbons (Fsp3) is 0.500. The molecule has 3 aliphatic heterocycles. The molecule has 260 valence electrons. The summed E-state index contributed by atoms with van der Waals surface area (Å²) in [7, 11) is 0. The number of ketones is 2. The zero-order valence-corrected chi connectivity index (χ0v) is 29.9. The molecule has 3 heterocycles. The Balaban J connectivity index is 1.64. The molecule has 9 nitrogen and oxygen atoms in total. The van der Waals surface area contributed by atoms with Gasteiger partial charge < -0.3 is 24.1 Å². The van der Waals surface area contributed by atoms with Crippen molar-refractivity contribution >= 4 is 29.6 Å². The van der Waals surface area contributed by atoms with Gasteiger partial charge in [0.05, 0.1) is 11.2 Å². The summed E-state index contributed by atoms with van der Waals surface area (Å²) in [6.45, 7) is 16.6. The van der Waals surface area contributed by atoms with Gasteiger partial charge in [0.25, 0.3) is 0 Å². The van der Waals surface area contributed by atoms with Crippen LogP contribution in [0.4, 0.5) is 0 Å². The van der Waals surface area contributed by atoms with Crippen LogP contribution in [0.1, 0.15) is 109 Å². The van der Waals surface area contributed by atoms with Crippen LogP contribution in [0.5, 0.6) is 17.2 Å². The Morgan fingerprint density at radius 3 is 2.31 bits per heavy atom. The van der Waals surface area contributed by atoms with Crippen molar-refractivity contribution in [2.24, 2.45) is 11.8 Å². The van der Waals surface area contributed by atoms with Gasteiger partial charge in [0, 0.05) is 41.9 Å². The molecule has 5 atom stereocenters. The average molecular weight is 671 g/mol. The minimum Gasteiger partial charge on any atom is -0.482 e. The number of hydrogen-bond acceptors (Lipinski definition) is 8. The van der Waals surface area contributed by atoms with Crippen LogP contribution in [0, 0.1) is 11.8 Å². The van der Waals surface area contributed by atoms with Crippen molar-refractivity contribution in [3.05, 3.63) is 69.4 Å². The average Bonchev–Trinajstić information content (AvgIpc) is 3.15. The highest BCUT2D eigenvalue weighted by molar-refractivity contribution is 6.19. The topological polar surface area (TPSA) is 125 Å². The van der Waals surface area contributed by atoms with Crippen LogP contribution in [-0.4, -0.2) is 51.0 Å². The molecule has 2 fully saturated rings. The number of carbonyl (C=O) groups excluding carboxylic acids is 3. The Bertz CT molecular complexity index is 1840. The normalized spacial score (nSPS) is 29.9. The highest BCUT2D eigenvalue weighted by atomic mass is 16.6. The highest BCUT2D eigenvalue weighted by Gasteiger charge is 2.81. The Labute approximate surface area is 287 Å². The van der Waals surface area contributed by atoms with Crippen LogP contribution in [0.25, 0.3) is 6.08 Å².